The van der Waals surface area contributed by atoms with Crippen molar-refractivity contribution in [1.82, 2.24) is 24.9 Å². The van der Waals surface area contributed by atoms with Crippen LogP contribution in [0.1, 0.15) is 31.1 Å². The van der Waals surface area contributed by atoms with Gasteiger partial charge in [0.05, 0.1) is 19.3 Å². The lowest BCUT2D eigenvalue weighted by Crippen LogP contribution is -2.48. The average Bonchev–Trinajstić information content (AvgIpc) is 3.22. The number of likely N-dealkylation sites (N-methyl/N-ethyl adjacent to an activating group) is 1. The number of hydrogen-bond donors (Lipinski definition) is 1. The molecule has 1 N–H and O–H groups in total. The van der Waals surface area contributed by atoms with E-state index in [1.807, 2.05) is 68.5 Å². The van der Waals surface area contributed by atoms with Gasteiger partial charge in [0.1, 0.15) is 12.6 Å². The summed E-state index contributed by atoms with van der Waals surface area (Å²) in [5, 5.41) is 7.56. The molecule has 1 amide bonds. The molecule has 1 aliphatic rings. The number of aryl methyl sites for hydroxylation is 1. The van der Waals surface area contributed by atoms with Crippen LogP contribution in [0.2, 0.25) is 0 Å². The first-order valence-corrected chi connectivity index (χ1v) is 10.6. The minimum absolute atomic E-state index is 0.0221. The molecule has 0 spiro atoms. The summed E-state index contributed by atoms with van der Waals surface area (Å²) in [5.74, 6) is 0.771. The van der Waals surface area contributed by atoms with E-state index in [9.17, 15) is 4.79 Å². The van der Waals surface area contributed by atoms with Crippen LogP contribution in [0.4, 0.5) is 0 Å². The SMILES string of the molecule is CCNC(=NCC(=O)N(CC)Cc1ccccc1)N1CCOC(c2cnn(C)c2)C1. The van der Waals surface area contributed by atoms with Crippen molar-refractivity contribution in [2.45, 2.75) is 26.5 Å². The number of benzene rings is 1. The first-order valence-electron chi connectivity index (χ1n) is 10.6. The van der Waals surface area contributed by atoms with Crippen LogP contribution in [0.25, 0.3) is 0 Å². The molecule has 1 fully saturated rings. The van der Waals surface area contributed by atoms with Crippen molar-refractivity contribution in [2.24, 2.45) is 12.0 Å². The third-order valence-electron chi connectivity index (χ3n) is 5.11. The number of guanidine groups is 1. The van der Waals surface area contributed by atoms with Gasteiger partial charge >= 0.3 is 0 Å². The van der Waals surface area contributed by atoms with Crippen LogP contribution in [0.3, 0.4) is 0 Å². The Kier molecular flexibility index (Phi) is 7.84. The molecule has 8 heteroatoms. The van der Waals surface area contributed by atoms with Crippen LogP contribution in [0.5, 0.6) is 0 Å². The Morgan fingerprint density at radius 2 is 2.13 bits per heavy atom. The third-order valence-corrected chi connectivity index (χ3v) is 5.11. The normalized spacial score (nSPS) is 17.1. The van der Waals surface area contributed by atoms with Gasteiger partial charge in [0, 0.05) is 45.0 Å². The largest absolute Gasteiger partial charge is 0.370 e. The molecule has 162 valence electrons. The maximum absolute atomic E-state index is 12.8. The predicted octanol–water partition coefficient (Wildman–Crippen LogP) is 1.81. The van der Waals surface area contributed by atoms with Crippen LogP contribution < -0.4 is 5.32 Å². The lowest BCUT2D eigenvalue weighted by atomic mass is 10.1. The van der Waals surface area contributed by atoms with Gasteiger partial charge in [0.15, 0.2) is 5.96 Å². The number of amides is 1. The average molecular weight is 413 g/mol. The van der Waals surface area contributed by atoms with Gasteiger partial charge in [-0.05, 0) is 19.4 Å². The molecule has 2 aromatic rings. The minimum Gasteiger partial charge on any atom is -0.370 e. The minimum atomic E-state index is -0.0581. The molecule has 3 rings (SSSR count). The van der Waals surface area contributed by atoms with Crippen molar-refractivity contribution in [2.75, 3.05) is 39.3 Å². The highest BCUT2D eigenvalue weighted by Gasteiger charge is 2.25. The molecule has 1 aliphatic heterocycles. The van der Waals surface area contributed by atoms with E-state index < -0.39 is 0 Å². The van der Waals surface area contributed by atoms with E-state index >= 15 is 0 Å². The maximum Gasteiger partial charge on any atom is 0.244 e. The zero-order valence-electron chi connectivity index (χ0n) is 18.1. The Balaban J connectivity index is 1.64. The van der Waals surface area contributed by atoms with E-state index in [-0.39, 0.29) is 18.6 Å². The molecule has 1 unspecified atom stereocenters. The Hall–Kier alpha value is -2.87. The van der Waals surface area contributed by atoms with Crippen molar-refractivity contribution >= 4 is 11.9 Å². The van der Waals surface area contributed by atoms with E-state index in [1.165, 1.54) is 0 Å². The molecule has 0 radical (unpaired) electrons. The van der Waals surface area contributed by atoms with Crippen LogP contribution in [0, 0.1) is 0 Å². The number of carbonyl (C=O) groups is 1. The van der Waals surface area contributed by atoms with Gasteiger partial charge < -0.3 is 19.9 Å². The lowest BCUT2D eigenvalue weighted by molar-refractivity contribution is -0.130. The zero-order valence-corrected chi connectivity index (χ0v) is 18.1. The molecule has 1 aromatic carbocycles. The summed E-state index contributed by atoms with van der Waals surface area (Å²) in [7, 11) is 1.90. The molecule has 0 bridgehead atoms. The highest BCUT2D eigenvalue weighted by Crippen LogP contribution is 2.21. The number of hydrogen-bond acceptors (Lipinski definition) is 4. The molecule has 2 heterocycles. The molecular weight excluding hydrogens is 380 g/mol. The van der Waals surface area contributed by atoms with E-state index in [0.29, 0.717) is 26.2 Å². The number of aliphatic imine (C=N–C) groups is 1. The van der Waals surface area contributed by atoms with Gasteiger partial charge in [-0.1, -0.05) is 30.3 Å². The predicted molar refractivity (Wildman–Crippen MR) is 117 cm³/mol. The summed E-state index contributed by atoms with van der Waals surface area (Å²) >= 11 is 0. The summed E-state index contributed by atoms with van der Waals surface area (Å²) in [4.78, 5) is 21.4. The summed E-state index contributed by atoms with van der Waals surface area (Å²) in [6.07, 6.45) is 3.76. The first-order chi connectivity index (χ1) is 14.6. The highest BCUT2D eigenvalue weighted by molar-refractivity contribution is 5.85. The fourth-order valence-corrected chi connectivity index (χ4v) is 3.50. The Morgan fingerprint density at radius 3 is 2.80 bits per heavy atom. The van der Waals surface area contributed by atoms with Crippen molar-refractivity contribution in [3.05, 3.63) is 53.9 Å². The maximum atomic E-state index is 12.8. The summed E-state index contributed by atoms with van der Waals surface area (Å²) < 4.78 is 7.71. The van der Waals surface area contributed by atoms with Crippen LogP contribution in [-0.4, -0.2) is 70.8 Å². The monoisotopic (exact) mass is 412 g/mol. The summed E-state index contributed by atoms with van der Waals surface area (Å²) in [6, 6.07) is 10.0. The van der Waals surface area contributed by atoms with E-state index in [2.05, 4.69) is 20.3 Å². The third kappa shape index (κ3) is 5.82. The molecular formula is C22H32N6O2. The van der Waals surface area contributed by atoms with Gasteiger partial charge in [0.2, 0.25) is 5.91 Å². The van der Waals surface area contributed by atoms with Gasteiger partial charge in [-0.25, -0.2) is 4.99 Å². The smallest absolute Gasteiger partial charge is 0.244 e. The number of nitrogens with zero attached hydrogens (tertiary/aromatic N) is 5. The number of rotatable bonds is 7. The number of nitrogens with one attached hydrogen (secondary N) is 1. The van der Waals surface area contributed by atoms with Crippen LogP contribution in [0.15, 0.2) is 47.7 Å². The number of morpholine rings is 1. The van der Waals surface area contributed by atoms with E-state index in [0.717, 1.165) is 30.2 Å². The fourth-order valence-electron chi connectivity index (χ4n) is 3.50. The van der Waals surface area contributed by atoms with Crippen LogP contribution in [-0.2, 0) is 23.1 Å². The second-order valence-corrected chi connectivity index (χ2v) is 7.32. The zero-order chi connectivity index (χ0) is 21.3. The number of aromatic nitrogens is 2. The van der Waals surface area contributed by atoms with Gasteiger partial charge in [-0.3, -0.25) is 9.48 Å². The second-order valence-electron chi connectivity index (χ2n) is 7.32. The Bertz CT molecular complexity index is 835. The lowest BCUT2D eigenvalue weighted by Gasteiger charge is -2.34. The van der Waals surface area contributed by atoms with Gasteiger partial charge in [-0.2, -0.15) is 5.10 Å². The quantitative estimate of drug-likeness (QED) is 0.555. The van der Waals surface area contributed by atoms with Crippen molar-refractivity contribution in [3.63, 3.8) is 0 Å². The fraction of sp³-hybridized carbons (Fsp3) is 0.500. The second kappa shape index (κ2) is 10.8. The summed E-state index contributed by atoms with van der Waals surface area (Å²) in [6.45, 7) is 8.16. The Morgan fingerprint density at radius 1 is 1.33 bits per heavy atom. The molecule has 1 saturated heterocycles. The molecule has 1 aromatic heterocycles. The molecule has 1 atom stereocenters. The van der Waals surface area contributed by atoms with Crippen molar-refractivity contribution < 1.29 is 9.53 Å². The first kappa shape index (κ1) is 21.8. The van der Waals surface area contributed by atoms with Crippen molar-refractivity contribution in [1.29, 1.82) is 0 Å². The van der Waals surface area contributed by atoms with Gasteiger partial charge in [-0.15, -0.1) is 0 Å². The highest BCUT2D eigenvalue weighted by atomic mass is 16.5. The van der Waals surface area contributed by atoms with E-state index in [4.69, 9.17) is 4.74 Å². The topological polar surface area (TPSA) is 75.0 Å². The molecule has 8 nitrogen and oxygen atoms in total. The number of carbonyl (C=O) groups excluding carboxylic acids is 1. The molecule has 0 saturated carbocycles. The Labute approximate surface area is 178 Å². The molecule has 0 aliphatic carbocycles. The van der Waals surface area contributed by atoms with E-state index in [1.54, 1.807) is 4.68 Å². The number of ether oxygens (including phenoxy) is 1. The van der Waals surface area contributed by atoms with Crippen molar-refractivity contribution in [3.8, 4) is 0 Å². The standard InChI is InChI=1S/C22H32N6O2/c1-4-23-22(28-11-12-30-20(17-28)19-13-25-26(3)16-19)24-14-21(29)27(5-2)15-18-9-7-6-8-10-18/h6-10,13,16,20H,4-5,11-12,14-15,17H2,1-3H3,(H,23,24). The van der Waals surface area contributed by atoms with Crippen LogP contribution >= 0.6 is 0 Å². The summed E-state index contributed by atoms with van der Waals surface area (Å²) in [5.41, 5.74) is 2.17. The molecule has 30 heavy (non-hydrogen) atoms. The van der Waals surface area contributed by atoms with Gasteiger partial charge in [0.25, 0.3) is 0 Å².